The number of thiophene rings is 1. The van der Waals surface area contributed by atoms with Crippen LogP contribution in [0.2, 0.25) is 0 Å². The predicted molar refractivity (Wildman–Crippen MR) is 89.8 cm³/mol. The van der Waals surface area contributed by atoms with E-state index in [4.69, 9.17) is 5.11 Å². The van der Waals surface area contributed by atoms with E-state index in [-0.39, 0.29) is 16.4 Å². The third-order valence-electron chi connectivity index (χ3n) is 3.46. The summed E-state index contributed by atoms with van der Waals surface area (Å²) in [5.41, 5.74) is 0.954. The normalized spacial score (nSPS) is 11.7. The van der Waals surface area contributed by atoms with Crippen LogP contribution in [0.15, 0.2) is 46.0 Å². The summed E-state index contributed by atoms with van der Waals surface area (Å²) in [7, 11) is -3.68. The van der Waals surface area contributed by atoms with E-state index in [9.17, 15) is 13.2 Å². The second-order valence-corrected chi connectivity index (χ2v) is 7.87. The van der Waals surface area contributed by atoms with Gasteiger partial charge in [0, 0.05) is 11.9 Å². The minimum atomic E-state index is -3.68. The third kappa shape index (κ3) is 2.60. The molecule has 0 bridgehead atoms. The Morgan fingerprint density at radius 1 is 1.30 bits per heavy atom. The third-order valence-corrected chi connectivity index (χ3v) is 6.72. The SMILES string of the molecule is CCN(c1cccc2cc(C(=O)O)[nH]c12)S(=O)(=O)c1cccs1. The van der Waals surface area contributed by atoms with Crippen molar-refractivity contribution in [2.24, 2.45) is 0 Å². The number of carbonyl (C=O) groups is 1. The molecule has 0 unspecified atom stereocenters. The van der Waals surface area contributed by atoms with E-state index in [0.29, 0.717) is 16.6 Å². The average molecular weight is 350 g/mol. The zero-order valence-electron chi connectivity index (χ0n) is 12.2. The fourth-order valence-electron chi connectivity index (χ4n) is 2.45. The molecule has 0 spiro atoms. The summed E-state index contributed by atoms with van der Waals surface area (Å²) in [5.74, 6) is -1.09. The van der Waals surface area contributed by atoms with E-state index in [1.807, 2.05) is 0 Å². The van der Waals surface area contributed by atoms with Gasteiger partial charge in [-0.1, -0.05) is 18.2 Å². The lowest BCUT2D eigenvalue weighted by atomic mass is 10.2. The fraction of sp³-hybridized carbons (Fsp3) is 0.133. The molecule has 0 atom stereocenters. The minimum Gasteiger partial charge on any atom is -0.477 e. The van der Waals surface area contributed by atoms with Crippen LogP contribution < -0.4 is 4.31 Å². The van der Waals surface area contributed by atoms with Crippen LogP contribution in [0.25, 0.3) is 10.9 Å². The predicted octanol–water partition coefficient (Wildman–Crippen LogP) is 3.14. The number of nitrogens with zero attached hydrogens (tertiary/aromatic N) is 1. The molecule has 0 saturated carbocycles. The Kier molecular flexibility index (Phi) is 3.87. The molecule has 0 aliphatic carbocycles. The number of H-pyrrole nitrogens is 1. The number of sulfonamides is 1. The molecule has 0 saturated heterocycles. The molecular weight excluding hydrogens is 336 g/mol. The quantitative estimate of drug-likeness (QED) is 0.739. The van der Waals surface area contributed by atoms with Crippen molar-refractivity contribution in [3.8, 4) is 0 Å². The first-order valence-electron chi connectivity index (χ1n) is 6.86. The first kappa shape index (κ1) is 15.6. The highest BCUT2D eigenvalue weighted by molar-refractivity contribution is 7.94. The monoisotopic (exact) mass is 350 g/mol. The lowest BCUT2D eigenvalue weighted by Gasteiger charge is -2.22. The molecule has 0 amide bonds. The number of aromatic carboxylic acids is 1. The topological polar surface area (TPSA) is 90.5 Å². The fourth-order valence-corrected chi connectivity index (χ4v) is 5.04. The van der Waals surface area contributed by atoms with Gasteiger partial charge in [0.2, 0.25) is 0 Å². The lowest BCUT2D eigenvalue weighted by Crippen LogP contribution is -2.30. The Hall–Kier alpha value is -2.32. The molecule has 3 aromatic rings. The van der Waals surface area contributed by atoms with Gasteiger partial charge in [-0.15, -0.1) is 11.3 Å². The smallest absolute Gasteiger partial charge is 0.352 e. The second kappa shape index (κ2) is 5.71. The van der Waals surface area contributed by atoms with E-state index < -0.39 is 16.0 Å². The molecule has 3 rings (SSSR count). The number of carboxylic acid groups (broad SMARTS) is 1. The van der Waals surface area contributed by atoms with Crippen LogP contribution in [0.1, 0.15) is 17.4 Å². The summed E-state index contributed by atoms with van der Waals surface area (Å²) in [6, 6.07) is 9.85. The van der Waals surface area contributed by atoms with E-state index in [1.165, 1.54) is 10.4 Å². The highest BCUT2D eigenvalue weighted by Crippen LogP contribution is 2.32. The molecule has 2 aromatic heterocycles. The van der Waals surface area contributed by atoms with Crippen molar-refractivity contribution in [1.82, 2.24) is 4.98 Å². The molecule has 1 aromatic carbocycles. The maximum absolute atomic E-state index is 12.8. The molecule has 8 heteroatoms. The van der Waals surface area contributed by atoms with Crippen molar-refractivity contribution in [2.75, 3.05) is 10.8 Å². The minimum absolute atomic E-state index is 0.0250. The van der Waals surface area contributed by atoms with Gasteiger partial charge in [-0.3, -0.25) is 4.31 Å². The molecule has 120 valence electrons. The first-order chi connectivity index (χ1) is 10.9. The number of nitrogens with one attached hydrogen (secondary N) is 1. The molecule has 2 N–H and O–H groups in total. The number of aromatic nitrogens is 1. The number of benzene rings is 1. The van der Waals surface area contributed by atoms with Crippen LogP contribution in [0.3, 0.4) is 0 Å². The molecule has 0 aliphatic heterocycles. The van der Waals surface area contributed by atoms with Gasteiger partial charge in [-0.05, 0) is 30.5 Å². The van der Waals surface area contributed by atoms with E-state index in [1.54, 1.807) is 42.6 Å². The van der Waals surface area contributed by atoms with Gasteiger partial charge >= 0.3 is 5.97 Å². The van der Waals surface area contributed by atoms with Crippen LogP contribution in [0.5, 0.6) is 0 Å². The number of anilines is 1. The lowest BCUT2D eigenvalue weighted by molar-refractivity contribution is 0.0691. The average Bonchev–Trinajstić information content (AvgIpc) is 3.18. The molecule has 0 radical (unpaired) electrons. The summed E-state index contributed by atoms with van der Waals surface area (Å²) in [5, 5.41) is 11.5. The van der Waals surface area contributed by atoms with Crippen molar-refractivity contribution in [1.29, 1.82) is 0 Å². The Morgan fingerprint density at radius 2 is 2.09 bits per heavy atom. The largest absolute Gasteiger partial charge is 0.477 e. The van der Waals surface area contributed by atoms with Crippen LogP contribution in [-0.2, 0) is 10.0 Å². The van der Waals surface area contributed by atoms with Crippen LogP contribution in [-0.4, -0.2) is 31.0 Å². The Balaban J connectivity index is 2.19. The number of para-hydroxylation sites is 1. The molecule has 0 fully saturated rings. The van der Waals surface area contributed by atoms with Crippen molar-refractivity contribution in [2.45, 2.75) is 11.1 Å². The van der Waals surface area contributed by atoms with Gasteiger partial charge < -0.3 is 10.1 Å². The number of hydrogen-bond donors (Lipinski definition) is 2. The number of fused-ring (bicyclic) bond motifs is 1. The summed E-state index contributed by atoms with van der Waals surface area (Å²) < 4.78 is 27.2. The zero-order valence-corrected chi connectivity index (χ0v) is 13.8. The van der Waals surface area contributed by atoms with Crippen molar-refractivity contribution in [3.05, 3.63) is 47.5 Å². The Bertz CT molecular complexity index is 959. The standard InChI is InChI=1S/C15H14N2O4S2/c1-2-17(23(20,21)13-7-4-8-22-13)12-6-3-5-10-9-11(15(18)19)16-14(10)12/h3-9,16H,2H2,1H3,(H,18,19). The van der Waals surface area contributed by atoms with Gasteiger partial charge in [0.05, 0.1) is 11.2 Å². The zero-order chi connectivity index (χ0) is 16.6. The van der Waals surface area contributed by atoms with Gasteiger partial charge in [0.1, 0.15) is 9.90 Å². The molecular formula is C15H14N2O4S2. The van der Waals surface area contributed by atoms with E-state index >= 15 is 0 Å². The number of carboxylic acids is 1. The van der Waals surface area contributed by atoms with E-state index in [2.05, 4.69) is 4.98 Å². The van der Waals surface area contributed by atoms with Crippen molar-refractivity contribution < 1.29 is 18.3 Å². The summed E-state index contributed by atoms with van der Waals surface area (Å²) >= 11 is 1.15. The van der Waals surface area contributed by atoms with Crippen molar-refractivity contribution >= 4 is 43.9 Å². The summed E-state index contributed by atoms with van der Waals surface area (Å²) in [6.07, 6.45) is 0. The van der Waals surface area contributed by atoms with Gasteiger partial charge in [0.15, 0.2) is 0 Å². The first-order valence-corrected chi connectivity index (χ1v) is 9.18. The van der Waals surface area contributed by atoms with Crippen LogP contribution in [0, 0.1) is 0 Å². The highest BCUT2D eigenvalue weighted by Gasteiger charge is 2.26. The number of rotatable bonds is 5. The maximum atomic E-state index is 12.8. The summed E-state index contributed by atoms with van der Waals surface area (Å²) in [6.45, 7) is 1.98. The number of aromatic amines is 1. The number of hydrogen-bond acceptors (Lipinski definition) is 4. The van der Waals surface area contributed by atoms with Crippen molar-refractivity contribution in [3.63, 3.8) is 0 Å². The van der Waals surface area contributed by atoms with Gasteiger partial charge in [0.25, 0.3) is 10.0 Å². The molecule has 6 nitrogen and oxygen atoms in total. The molecule has 23 heavy (non-hydrogen) atoms. The summed E-state index contributed by atoms with van der Waals surface area (Å²) in [4.78, 5) is 13.9. The highest BCUT2D eigenvalue weighted by atomic mass is 32.2. The Labute approximate surface area is 137 Å². The van der Waals surface area contributed by atoms with Gasteiger partial charge in [-0.2, -0.15) is 0 Å². The second-order valence-electron chi connectivity index (χ2n) is 4.83. The van der Waals surface area contributed by atoms with Crippen LogP contribution >= 0.6 is 11.3 Å². The molecule has 0 aliphatic rings. The van der Waals surface area contributed by atoms with Crippen LogP contribution in [0.4, 0.5) is 5.69 Å². The molecule has 2 heterocycles. The van der Waals surface area contributed by atoms with Gasteiger partial charge in [-0.25, -0.2) is 13.2 Å². The van der Waals surface area contributed by atoms with E-state index in [0.717, 1.165) is 11.3 Å². The Morgan fingerprint density at radius 3 is 2.70 bits per heavy atom. The maximum Gasteiger partial charge on any atom is 0.352 e.